The van der Waals surface area contributed by atoms with Gasteiger partial charge in [0, 0.05) is 25.9 Å². The summed E-state index contributed by atoms with van der Waals surface area (Å²) in [6.45, 7) is 16.8. The minimum atomic E-state index is -1.10. The van der Waals surface area contributed by atoms with E-state index in [1.54, 1.807) is 4.68 Å². The van der Waals surface area contributed by atoms with Crippen LogP contribution in [-0.2, 0) is 29.1 Å². The van der Waals surface area contributed by atoms with Gasteiger partial charge in [0.05, 0.1) is 5.57 Å². The van der Waals surface area contributed by atoms with Gasteiger partial charge in [-0.05, 0) is 67.4 Å². The minimum absolute atomic E-state index is 0.143. The van der Waals surface area contributed by atoms with Crippen LogP contribution >= 0.6 is 0 Å². The van der Waals surface area contributed by atoms with Gasteiger partial charge < -0.3 is 14.9 Å². The van der Waals surface area contributed by atoms with Crippen molar-refractivity contribution < 1.29 is 24.5 Å². The van der Waals surface area contributed by atoms with E-state index in [2.05, 4.69) is 52.4 Å². The van der Waals surface area contributed by atoms with E-state index in [1.807, 2.05) is 6.08 Å². The van der Waals surface area contributed by atoms with Gasteiger partial charge in [0.2, 0.25) is 0 Å². The van der Waals surface area contributed by atoms with Crippen LogP contribution in [0.15, 0.2) is 22.8 Å². The van der Waals surface area contributed by atoms with Crippen LogP contribution in [0.4, 0.5) is 0 Å². The third kappa shape index (κ3) is 7.19. The van der Waals surface area contributed by atoms with Crippen LogP contribution in [0.5, 0.6) is 0 Å². The third-order valence-electron chi connectivity index (χ3n) is 7.57. The van der Waals surface area contributed by atoms with Gasteiger partial charge in [-0.2, -0.15) is 5.10 Å². The molecule has 0 atom stereocenters. The third-order valence-corrected chi connectivity index (χ3v) is 9.27. The predicted octanol–water partition coefficient (Wildman–Crippen LogP) is 6.32. The molecule has 1 heterocycles. The molecule has 0 bridgehead atoms. The van der Waals surface area contributed by atoms with Gasteiger partial charge in [-0.25, -0.2) is 14.3 Å². The monoisotopic (exact) mass is 516 g/mol. The molecule has 0 aromatic carbocycles. The summed E-state index contributed by atoms with van der Waals surface area (Å²) in [5, 5.41) is 22.7. The Morgan fingerprint density at radius 1 is 1.03 bits per heavy atom. The molecular formula is C28H44N2O5Si. The Morgan fingerprint density at radius 2 is 1.67 bits per heavy atom. The second-order valence-corrected chi connectivity index (χ2v) is 18.9. The lowest BCUT2D eigenvalue weighted by atomic mass is 9.74. The average molecular weight is 517 g/mol. The number of aliphatic carboxylic acids is 1. The van der Waals surface area contributed by atoms with Crippen LogP contribution in [0.2, 0.25) is 25.7 Å². The lowest BCUT2D eigenvalue weighted by Gasteiger charge is -2.31. The number of hydrogen-bond acceptors (Lipinski definition) is 4. The van der Waals surface area contributed by atoms with Crippen molar-refractivity contribution in [1.29, 1.82) is 0 Å². The number of nitrogens with zero attached hydrogens (tertiary/aromatic N) is 2. The summed E-state index contributed by atoms with van der Waals surface area (Å²) in [5.41, 5.74) is 5.61. The van der Waals surface area contributed by atoms with Gasteiger partial charge >= 0.3 is 11.9 Å². The van der Waals surface area contributed by atoms with Crippen LogP contribution in [0.1, 0.15) is 81.5 Å². The van der Waals surface area contributed by atoms with Crippen molar-refractivity contribution in [2.45, 2.75) is 105 Å². The molecule has 1 aromatic rings. The van der Waals surface area contributed by atoms with Crippen LogP contribution in [0.3, 0.4) is 0 Å². The smallest absolute Gasteiger partial charge is 0.356 e. The highest BCUT2D eigenvalue weighted by molar-refractivity contribution is 6.76. The van der Waals surface area contributed by atoms with Crippen molar-refractivity contribution in [1.82, 2.24) is 9.78 Å². The molecule has 8 heteroatoms. The molecule has 200 valence electrons. The van der Waals surface area contributed by atoms with Gasteiger partial charge in [0.1, 0.15) is 6.73 Å². The van der Waals surface area contributed by atoms with E-state index >= 15 is 0 Å². The largest absolute Gasteiger partial charge is 0.478 e. The number of aromatic carboxylic acids is 1. The number of aromatic nitrogens is 2. The number of carboxylic acid groups (broad SMARTS) is 2. The van der Waals surface area contributed by atoms with Crippen molar-refractivity contribution in [2.75, 3.05) is 6.61 Å². The Morgan fingerprint density at radius 3 is 2.28 bits per heavy atom. The fourth-order valence-corrected chi connectivity index (χ4v) is 6.00. The fraction of sp³-hybridized carbons (Fsp3) is 0.679. The topological polar surface area (TPSA) is 102 Å². The molecule has 3 aliphatic carbocycles. The maximum absolute atomic E-state index is 11.4. The molecule has 2 N–H and O–H groups in total. The second-order valence-electron chi connectivity index (χ2n) is 13.3. The standard InChI is InChI=1S/C16H28N2O3Si.C12H16O2/c1-16(2)7-6-13-12(10-16)14(15(19)20)17-18(13)11-21-8-9-22(3,4)5;1-12(2)6-5-8-3-4-9(11(13)14)10(8)7-12/h6-11H2,1-5H3,(H,19,20);4H,3,5-7H2,1-2H3,(H,13,14). The number of carbonyl (C=O) groups is 2. The van der Waals surface area contributed by atoms with Crippen molar-refractivity contribution in [3.8, 4) is 0 Å². The van der Waals surface area contributed by atoms with Crippen molar-refractivity contribution in [2.24, 2.45) is 10.8 Å². The first-order chi connectivity index (χ1) is 16.6. The molecule has 4 rings (SSSR count). The molecule has 0 radical (unpaired) electrons. The molecule has 0 unspecified atom stereocenters. The summed E-state index contributed by atoms with van der Waals surface area (Å²) < 4.78 is 7.51. The molecule has 0 saturated carbocycles. The quantitative estimate of drug-likeness (QED) is 0.325. The maximum Gasteiger partial charge on any atom is 0.356 e. The van der Waals surface area contributed by atoms with Crippen LogP contribution in [-0.4, -0.2) is 46.6 Å². The van der Waals surface area contributed by atoms with Crippen molar-refractivity contribution >= 4 is 20.0 Å². The van der Waals surface area contributed by atoms with Gasteiger partial charge in [0.25, 0.3) is 0 Å². The zero-order chi connectivity index (χ0) is 26.9. The second kappa shape index (κ2) is 10.7. The maximum atomic E-state index is 11.4. The van der Waals surface area contributed by atoms with Crippen LogP contribution < -0.4 is 0 Å². The van der Waals surface area contributed by atoms with E-state index in [1.165, 1.54) is 12.0 Å². The zero-order valence-corrected chi connectivity index (χ0v) is 24.2. The minimum Gasteiger partial charge on any atom is -0.478 e. The number of allylic oxidation sites excluding steroid dienone is 2. The number of carboxylic acids is 2. The SMILES string of the molecule is CC1(C)CCC2=C(C1)C(C(=O)O)=CC2.CC1(C)CCc2c(c(C(=O)O)nn2COCC[Si](C)(C)C)C1. The molecule has 3 aliphatic rings. The molecule has 1 aromatic heterocycles. The first-order valence-electron chi connectivity index (χ1n) is 13.1. The molecule has 0 amide bonds. The molecule has 0 fully saturated rings. The lowest BCUT2D eigenvalue weighted by Crippen LogP contribution is -2.25. The van der Waals surface area contributed by atoms with Crippen LogP contribution in [0, 0.1) is 10.8 Å². The highest BCUT2D eigenvalue weighted by atomic mass is 28.3. The average Bonchev–Trinajstić information content (AvgIpc) is 3.30. The molecule has 0 spiro atoms. The van der Waals surface area contributed by atoms with Crippen molar-refractivity contribution in [3.05, 3.63) is 39.7 Å². The first-order valence-corrected chi connectivity index (χ1v) is 16.8. The van der Waals surface area contributed by atoms with Crippen LogP contribution in [0.25, 0.3) is 0 Å². The lowest BCUT2D eigenvalue weighted by molar-refractivity contribution is -0.132. The molecule has 0 aliphatic heterocycles. The van der Waals surface area contributed by atoms with Gasteiger partial charge in [-0.1, -0.05) is 59.0 Å². The Kier molecular flexibility index (Phi) is 8.40. The Bertz CT molecular complexity index is 1070. The molecule has 0 saturated heterocycles. The van der Waals surface area contributed by atoms with E-state index in [9.17, 15) is 14.7 Å². The normalized spacial score (nSPS) is 20.1. The van der Waals surface area contributed by atoms with E-state index < -0.39 is 20.0 Å². The number of ether oxygens (including phenoxy) is 1. The summed E-state index contributed by atoms with van der Waals surface area (Å²) in [6.07, 6.45) is 8.64. The van der Waals surface area contributed by atoms with E-state index in [4.69, 9.17) is 9.84 Å². The highest BCUT2D eigenvalue weighted by Crippen LogP contribution is 2.45. The Hall–Kier alpha value is -2.19. The molecular weight excluding hydrogens is 472 g/mol. The predicted molar refractivity (Wildman–Crippen MR) is 144 cm³/mol. The summed E-state index contributed by atoms with van der Waals surface area (Å²) in [7, 11) is -1.10. The Labute approximate surface area is 216 Å². The Balaban J connectivity index is 0.000000221. The number of hydrogen-bond donors (Lipinski definition) is 2. The van der Waals surface area contributed by atoms with Gasteiger partial charge in [-0.3, -0.25) is 0 Å². The highest BCUT2D eigenvalue weighted by Gasteiger charge is 2.34. The first kappa shape index (κ1) is 28.4. The van der Waals surface area contributed by atoms with E-state index in [-0.39, 0.29) is 16.5 Å². The van der Waals surface area contributed by atoms with Gasteiger partial charge in [0.15, 0.2) is 5.69 Å². The van der Waals surface area contributed by atoms with E-state index in [0.29, 0.717) is 12.3 Å². The summed E-state index contributed by atoms with van der Waals surface area (Å²) in [5.74, 6) is -1.69. The van der Waals surface area contributed by atoms with Gasteiger partial charge in [-0.15, -0.1) is 0 Å². The summed E-state index contributed by atoms with van der Waals surface area (Å²) >= 11 is 0. The number of fused-ring (bicyclic) bond motifs is 1. The fourth-order valence-electron chi connectivity index (χ4n) is 5.24. The van der Waals surface area contributed by atoms with E-state index in [0.717, 1.165) is 68.0 Å². The molecule has 7 nitrogen and oxygen atoms in total. The zero-order valence-electron chi connectivity index (χ0n) is 23.2. The summed E-state index contributed by atoms with van der Waals surface area (Å²) in [6, 6.07) is 1.11. The molecule has 36 heavy (non-hydrogen) atoms. The van der Waals surface area contributed by atoms with Crippen molar-refractivity contribution in [3.63, 3.8) is 0 Å². The summed E-state index contributed by atoms with van der Waals surface area (Å²) in [4.78, 5) is 22.4. The number of rotatable bonds is 7.